The lowest BCUT2D eigenvalue weighted by Gasteiger charge is -2.21. The van der Waals surface area contributed by atoms with E-state index in [1.807, 2.05) is 35.2 Å². The van der Waals surface area contributed by atoms with Crippen molar-refractivity contribution in [1.82, 2.24) is 4.90 Å². The monoisotopic (exact) mass is 352 g/mol. The maximum Gasteiger partial charge on any atom is 0.265 e. The van der Waals surface area contributed by atoms with E-state index in [2.05, 4.69) is 18.5 Å². The molecule has 1 N–H and O–H groups in total. The van der Waals surface area contributed by atoms with Crippen LogP contribution >= 0.6 is 12.2 Å². The zero-order valence-corrected chi connectivity index (χ0v) is 14.7. The van der Waals surface area contributed by atoms with Gasteiger partial charge in [0.05, 0.1) is 0 Å². The molecule has 1 amide bonds. The molecule has 0 bridgehead atoms. The summed E-state index contributed by atoms with van der Waals surface area (Å²) in [6.07, 6.45) is 3.48. The minimum Gasteiger partial charge on any atom is -0.432 e. The molecule has 0 fully saturated rings. The lowest BCUT2D eigenvalue weighted by atomic mass is 10.2. The highest BCUT2D eigenvalue weighted by Crippen LogP contribution is 2.16. The maximum absolute atomic E-state index is 12.4. The lowest BCUT2D eigenvalue weighted by Crippen LogP contribution is -2.33. The minimum atomic E-state index is -0.211. The number of hydrogen-bond donors (Lipinski definition) is 1. The van der Waals surface area contributed by atoms with Crippen LogP contribution < -0.4 is 10.1 Å². The number of thiocarbonyl (C=S) groups is 1. The van der Waals surface area contributed by atoms with Crippen LogP contribution in [0.3, 0.4) is 0 Å². The zero-order chi connectivity index (χ0) is 18.1. The van der Waals surface area contributed by atoms with Gasteiger partial charge in [-0.25, -0.2) is 0 Å². The fourth-order valence-electron chi connectivity index (χ4n) is 2.13. The molecule has 4 nitrogen and oxygen atoms in total. The zero-order valence-electron chi connectivity index (χ0n) is 13.9. The second-order valence-electron chi connectivity index (χ2n) is 5.20. The van der Waals surface area contributed by atoms with Gasteiger partial charge in [0.2, 0.25) is 0 Å². The third-order valence-electron chi connectivity index (χ3n) is 3.29. The van der Waals surface area contributed by atoms with Crippen molar-refractivity contribution in [2.45, 2.75) is 0 Å². The largest absolute Gasteiger partial charge is 0.432 e. The minimum absolute atomic E-state index is 0.211. The first-order valence-corrected chi connectivity index (χ1v) is 8.20. The Balaban J connectivity index is 2.07. The van der Waals surface area contributed by atoms with E-state index < -0.39 is 0 Å². The van der Waals surface area contributed by atoms with Crippen molar-refractivity contribution in [3.63, 3.8) is 0 Å². The lowest BCUT2D eigenvalue weighted by molar-refractivity contribution is 0.102. The number of nitrogens with one attached hydrogen (secondary N) is 1. The van der Waals surface area contributed by atoms with Crippen molar-refractivity contribution in [3.05, 3.63) is 85.5 Å². The van der Waals surface area contributed by atoms with Gasteiger partial charge in [0.1, 0.15) is 5.75 Å². The summed E-state index contributed by atoms with van der Waals surface area (Å²) >= 11 is 5.31. The van der Waals surface area contributed by atoms with Gasteiger partial charge in [0, 0.05) is 24.3 Å². The number of rotatable bonds is 7. The molecule has 0 spiro atoms. The SMILES string of the molecule is C=CCN(CC=C)C(=S)Oc1cccc(C(=O)Nc2ccccc2)c1. The fourth-order valence-corrected chi connectivity index (χ4v) is 2.37. The summed E-state index contributed by atoms with van der Waals surface area (Å²) in [6, 6.07) is 16.2. The van der Waals surface area contributed by atoms with E-state index in [-0.39, 0.29) is 5.91 Å². The van der Waals surface area contributed by atoms with Crippen LogP contribution in [0, 0.1) is 0 Å². The van der Waals surface area contributed by atoms with E-state index >= 15 is 0 Å². The number of para-hydroxylation sites is 1. The van der Waals surface area contributed by atoms with E-state index in [1.54, 1.807) is 36.4 Å². The number of amides is 1. The summed E-state index contributed by atoms with van der Waals surface area (Å²) in [5.74, 6) is 0.292. The normalized spacial score (nSPS) is 9.76. The van der Waals surface area contributed by atoms with E-state index in [0.29, 0.717) is 29.6 Å². The molecule has 2 rings (SSSR count). The van der Waals surface area contributed by atoms with E-state index in [4.69, 9.17) is 17.0 Å². The van der Waals surface area contributed by atoms with E-state index in [9.17, 15) is 4.79 Å². The summed E-state index contributed by atoms with van der Waals surface area (Å²) in [7, 11) is 0. The Morgan fingerprint density at radius 1 is 1.08 bits per heavy atom. The van der Waals surface area contributed by atoms with Crippen molar-refractivity contribution in [1.29, 1.82) is 0 Å². The third kappa shape index (κ3) is 5.58. The number of ether oxygens (including phenoxy) is 1. The van der Waals surface area contributed by atoms with E-state index in [0.717, 1.165) is 5.69 Å². The summed E-state index contributed by atoms with van der Waals surface area (Å²) in [5, 5.41) is 3.14. The second kappa shape index (κ2) is 9.39. The molecule has 0 aromatic heterocycles. The maximum atomic E-state index is 12.4. The predicted molar refractivity (Wildman–Crippen MR) is 106 cm³/mol. The van der Waals surface area contributed by atoms with Gasteiger partial charge < -0.3 is 15.0 Å². The third-order valence-corrected chi connectivity index (χ3v) is 3.63. The molecule has 25 heavy (non-hydrogen) atoms. The van der Waals surface area contributed by atoms with Crippen LogP contribution in [0.25, 0.3) is 0 Å². The van der Waals surface area contributed by atoms with Gasteiger partial charge in [-0.1, -0.05) is 36.4 Å². The summed E-state index contributed by atoms with van der Waals surface area (Å²) in [4.78, 5) is 14.2. The van der Waals surface area contributed by atoms with Gasteiger partial charge in [-0.15, -0.1) is 13.2 Å². The van der Waals surface area contributed by atoms with Crippen LogP contribution in [-0.2, 0) is 0 Å². The molecule has 5 heteroatoms. The van der Waals surface area contributed by atoms with Crippen LogP contribution in [0.4, 0.5) is 5.69 Å². The molecule has 0 saturated heterocycles. The average molecular weight is 352 g/mol. The summed E-state index contributed by atoms with van der Waals surface area (Å²) in [6.45, 7) is 8.52. The Kier molecular flexibility index (Phi) is 6.92. The standard InChI is InChI=1S/C20H20N2O2S/c1-3-13-22(14-4-2)20(25)24-18-12-8-9-16(15-18)19(23)21-17-10-6-5-7-11-17/h3-12,15H,1-2,13-14H2,(H,21,23). The Hall–Kier alpha value is -2.92. The Morgan fingerprint density at radius 2 is 1.76 bits per heavy atom. The Labute approximate surface area is 153 Å². The number of carbonyl (C=O) groups excluding carboxylic acids is 1. The average Bonchev–Trinajstić information content (AvgIpc) is 2.62. The van der Waals surface area contributed by atoms with Crippen LogP contribution in [0.1, 0.15) is 10.4 Å². The number of anilines is 1. The molecule has 0 aliphatic carbocycles. The summed E-state index contributed by atoms with van der Waals surface area (Å²) in [5.41, 5.74) is 1.22. The number of hydrogen-bond acceptors (Lipinski definition) is 3. The van der Waals surface area contributed by atoms with Crippen molar-refractivity contribution in [2.75, 3.05) is 18.4 Å². The molecule has 0 heterocycles. The van der Waals surface area contributed by atoms with Crippen LogP contribution in [0.2, 0.25) is 0 Å². The van der Waals surface area contributed by atoms with Crippen molar-refractivity contribution < 1.29 is 9.53 Å². The molecular formula is C20H20N2O2S. The van der Waals surface area contributed by atoms with Gasteiger partial charge in [0.15, 0.2) is 0 Å². The molecule has 0 atom stereocenters. The van der Waals surface area contributed by atoms with Gasteiger partial charge in [-0.05, 0) is 42.5 Å². The number of nitrogens with zero attached hydrogens (tertiary/aromatic N) is 1. The first kappa shape index (κ1) is 18.4. The molecule has 2 aromatic rings. The van der Waals surface area contributed by atoms with Crippen LogP contribution in [0.15, 0.2) is 79.9 Å². The molecule has 0 aliphatic rings. The molecule has 0 aliphatic heterocycles. The first-order chi connectivity index (χ1) is 12.1. The molecule has 0 radical (unpaired) electrons. The Bertz CT molecular complexity index is 749. The van der Waals surface area contributed by atoms with Crippen LogP contribution in [0.5, 0.6) is 5.75 Å². The van der Waals surface area contributed by atoms with E-state index in [1.165, 1.54) is 0 Å². The van der Waals surface area contributed by atoms with Crippen molar-refractivity contribution in [2.24, 2.45) is 0 Å². The van der Waals surface area contributed by atoms with Crippen LogP contribution in [-0.4, -0.2) is 29.1 Å². The summed E-state index contributed by atoms with van der Waals surface area (Å²) < 4.78 is 5.70. The molecule has 128 valence electrons. The smallest absolute Gasteiger partial charge is 0.265 e. The second-order valence-corrected chi connectivity index (χ2v) is 5.55. The molecule has 0 unspecified atom stereocenters. The van der Waals surface area contributed by atoms with Crippen molar-refractivity contribution >= 4 is 29.0 Å². The predicted octanol–water partition coefficient (Wildman–Crippen LogP) is 4.28. The first-order valence-electron chi connectivity index (χ1n) is 7.79. The Morgan fingerprint density at radius 3 is 2.40 bits per heavy atom. The highest BCUT2D eigenvalue weighted by Gasteiger charge is 2.11. The number of carbonyl (C=O) groups is 1. The van der Waals surface area contributed by atoms with Gasteiger partial charge in [0.25, 0.3) is 11.1 Å². The molecule has 0 saturated carbocycles. The van der Waals surface area contributed by atoms with Gasteiger partial charge >= 0.3 is 0 Å². The van der Waals surface area contributed by atoms with Crippen molar-refractivity contribution in [3.8, 4) is 5.75 Å². The molecular weight excluding hydrogens is 332 g/mol. The van der Waals surface area contributed by atoms with Gasteiger partial charge in [-0.2, -0.15) is 0 Å². The molecule has 2 aromatic carbocycles. The van der Waals surface area contributed by atoms with Gasteiger partial charge in [-0.3, -0.25) is 4.79 Å². The fraction of sp³-hybridized carbons (Fsp3) is 0.100. The number of benzene rings is 2. The highest BCUT2D eigenvalue weighted by molar-refractivity contribution is 7.80. The quantitative estimate of drug-likeness (QED) is 0.597. The topological polar surface area (TPSA) is 41.6 Å². The highest BCUT2D eigenvalue weighted by atomic mass is 32.1.